The normalized spacial score (nSPS) is 10.5. The summed E-state index contributed by atoms with van der Waals surface area (Å²) in [6.45, 7) is 4.26. The molecule has 0 amide bonds. The monoisotopic (exact) mass is 410 g/mol. The summed E-state index contributed by atoms with van der Waals surface area (Å²) in [5.41, 5.74) is 1.23. The van der Waals surface area contributed by atoms with Crippen LogP contribution in [0.4, 0.5) is 5.69 Å². The van der Waals surface area contributed by atoms with Gasteiger partial charge in [0, 0.05) is 29.8 Å². The highest BCUT2D eigenvalue weighted by atomic mass is 32.2. The molecule has 3 rings (SSSR count). The zero-order valence-electron chi connectivity index (χ0n) is 15.6. The number of carbonyl (C=O) groups is 1. The average Bonchev–Trinajstić information content (AvgIpc) is 3.15. The van der Waals surface area contributed by atoms with Crippen molar-refractivity contribution in [2.45, 2.75) is 11.7 Å². The second-order valence-electron chi connectivity index (χ2n) is 5.95. The number of aromatic nitrogens is 3. The minimum absolute atomic E-state index is 0.0518. The van der Waals surface area contributed by atoms with Gasteiger partial charge in [0.2, 0.25) is 0 Å². The minimum atomic E-state index is -0.499. The fraction of sp³-hybridized carbons (Fsp3) is 0.150. The summed E-state index contributed by atoms with van der Waals surface area (Å²) < 4.78 is 7.06. The van der Waals surface area contributed by atoms with Gasteiger partial charge in [-0.3, -0.25) is 19.5 Å². The highest BCUT2D eigenvalue weighted by Crippen LogP contribution is 2.26. The van der Waals surface area contributed by atoms with Crippen molar-refractivity contribution >= 4 is 23.2 Å². The molecule has 0 atom stereocenters. The number of ether oxygens (including phenoxy) is 1. The number of hydrogen-bond donors (Lipinski definition) is 0. The Morgan fingerprint density at radius 2 is 1.90 bits per heavy atom. The summed E-state index contributed by atoms with van der Waals surface area (Å²) in [5.74, 6) is 1.39. The number of non-ortho nitro benzene ring substituents is 1. The first-order valence-corrected chi connectivity index (χ1v) is 9.61. The Balaban J connectivity index is 1.76. The summed E-state index contributed by atoms with van der Waals surface area (Å²) in [6.07, 6.45) is 1.73. The smallest absolute Gasteiger partial charge is 0.269 e. The number of nitro benzene ring substituents is 1. The van der Waals surface area contributed by atoms with E-state index in [1.807, 2.05) is 28.8 Å². The molecule has 1 aromatic heterocycles. The van der Waals surface area contributed by atoms with Crippen LogP contribution in [0.1, 0.15) is 10.4 Å². The van der Waals surface area contributed by atoms with Gasteiger partial charge < -0.3 is 4.74 Å². The van der Waals surface area contributed by atoms with Gasteiger partial charge in [0.05, 0.1) is 17.8 Å². The molecule has 0 saturated carbocycles. The predicted molar refractivity (Wildman–Crippen MR) is 110 cm³/mol. The van der Waals surface area contributed by atoms with Crippen molar-refractivity contribution < 1.29 is 14.5 Å². The zero-order valence-corrected chi connectivity index (χ0v) is 16.5. The number of nitrogens with zero attached hydrogens (tertiary/aromatic N) is 4. The molecule has 1 heterocycles. The van der Waals surface area contributed by atoms with Crippen LogP contribution in [0, 0.1) is 10.1 Å². The van der Waals surface area contributed by atoms with Crippen LogP contribution < -0.4 is 4.74 Å². The lowest BCUT2D eigenvalue weighted by atomic mass is 10.1. The standard InChI is InChI=1S/C20H18N4O4S/c1-3-12-23-19(15-6-10-17(28-2)11-7-15)21-22-20(23)29-13-18(25)14-4-8-16(9-5-14)24(26)27/h3-11H,1,12-13H2,2H3. The van der Waals surface area contributed by atoms with E-state index < -0.39 is 4.92 Å². The second-order valence-corrected chi connectivity index (χ2v) is 6.89. The number of benzene rings is 2. The van der Waals surface area contributed by atoms with E-state index in [2.05, 4.69) is 16.8 Å². The largest absolute Gasteiger partial charge is 0.497 e. The van der Waals surface area contributed by atoms with Crippen LogP contribution in [0.3, 0.4) is 0 Å². The molecule has 9 heteroatoms. The molecular weight excluding hydrogens is 392 g/mol. The van der Waals surface area contributed by atoms with Gasteiger partial charge in [-0.15, -0.1) is 16.8 Å². The van der Waals surface area contributed by atoms with Crippen molar-refractivity contribution in [3.8, 4) is 17.1 Å². The molecule has 0 saturated heterocycles. The van der Waals surface area contributed by atoms with Crippen LogP contribution in [-0.2, 0) is 6.54 Å². The number of hydrogen-bond acceptors (Lipinski definition) is 7. The van der Waals surface area contributed by atoms with Crippen molar-refractivity contribution in [2.75, 3.05) is 12.9 Å². The first kappa shape index (κ1) is 20.3. The van der Waals surface area contributed by atoms with Gasteiger partial charge in [-0.2, -0.15) is 0 Å². The van der Waals surface area contributed by atoms with Crippen LogP contribution in [0.25, 0.3) is 11.4 Å². The number of allylic oxidation sites excluding steroid dienone is 1. The van der Waals surface area contributed by atoms with E-state index in [0.29, 0.717) is 23.1 Å². The Labute approximate surface area is 171 Å². The van der Waals surface area contributed by atoms with Crippen molar-refractivity contribution in [1.29, 1.82) is 0 Å². The number of ketones is 1. The molecule has 0 aliphatic rings. The van der Waals surface area contributed by atoms with E-state index in [9.17, 15) is 14.9 Å². The Bertz CT molecular complexity index is 1030. The van der Waals surface area contributed by atoms with Gasteiger partial charge in [0.15, 0.2) is 16.8 Å². The molecule has 2 aromatic carbocycles. The predicted octanol–water partition coefficient (Wildman–Crippen LogP) is 4.02. The van der Waals surface area contributed by atoms with Gasteiger partial charge in [-0.1, -0.05) is 17.8 Å². The van der Waals surface area contributed by atoms with E-state index >= 15 is 0 Å². The molecule has 148 valence electrons. The summed E-state index contributed by atoms with van der Waals surface area (Å²) >= 11 is 1.26. The Kier molecular flexibility index (Phi) is 6.40. The topological polar surface area (TPSA) is 100 Å². The number of Topliss-reactive ketones (excluding diaryl/α,β-unsaturated/α-hetero) is 1. The van der Waals surface area contributed by atoms with E-state index in [-0.39, 0.29) is 17.2 Å². The number of rotatable bonds is 9. The quantitative estimate of drug-likeness (QED) is 0.173. The summed E-state index contributed by atoms with van der Waals surface area (Å²) in [7, 11) is 1.60. The number of carbonyl (C=O) groups excluding carboxylic acids is 1. The molecule has 0 fully saturated rings. The Hall–Kier alpha value is -3.46. The maximum Gasteiger partial charge on any atom is 0.269 e. The molecule has 0 N–H and O–H groups in total. The lowest BCUT2D eigenvalue weighted by Crippen LogP contribution is -2.05. The fourth-order valence-corrected chi connectivity index (χ4v) is 3.47. The van der Waals surface area contributed by atoms with E-state index in [4.69, 9.17) is 4.74 Å². The summed E-state index contributed by atoms with van der Waals surface area (Å²) in [4.78, 5) is 22.7. The van der Waals surface area contributed by atoms with Gasteiger partial charge in [0.25, 0.3) is 5.69 Å². The molecule has 0 aliphatic heterocycles. The summed E-state index contributed by atoms with van der Waals surface area (Å²) in [5, 5.41) is 19.8. The first-order chi connectivity index (χ1) is 14.0. The van der Waals surface area contributed by atoms with Gasteiger partial charge in [-0.25, -0.2) is 0 Å². The molecule has 0 bridgehead atoms. The molecule has 8 nitrogen and oxygen atoms in total. The number of nitro groups is 1. The molecule has 0 unspecified atom stereocenters. The lowest BCUT2D eigenvalue weighted by molar-refractivity contribution is -0.384. The second kappa shape index (κ2) is 9.16. The summed E-state index contributed by atoms with van der Waals surface area (Å²) in [6, 6.07) is 13.0. The fourth-order valence-electron chi connectivity index (χ4n) is 2.63. The molecule has 0 radical (unpaired) electrons. The SMILES string of the molecule is C=CCn1c(SCC(=O)c2ccc([N+](=O)[O-])cc2)nnc1-c1ccc(OC)cc1. The van der Waals surface area contributed by atoms with Crippen LogP contribution >= 0.6 is 11.8 Å². The third-order valence-electron chi connectivity index (χ3n) is 4.11. The Morgan fingerprint density at radius 1 is 1.21 bits per heavy atom. The maximum absolute atomic E-state index is 12.4. The van der Waals surface area contributed by atoms with Gasteiger partial charge in [0.1, 0.15) is 5.75 Å². The molecule has 0 spiro atoms. The van der Waals surface area contributed by atoms with E-state index in [1.165, 1.54) is 36.0 Å². The van der Waals surface area contributed by atoms with E-state index in [1.54, 1.807) is 13.2 Å². The van der Waals surface area contributed by atoms with Crippen molar-refractivity contribution in [1.82, 2.24) is 14.8 Å². The molecular formula is C20H18N4O4S. The zero-order chi connectivity index (χ0) is 20.8. The minimum Gasteiger partial charge on any atom is -0.497 e. The highest BCUT2D eigenvalue weighted by Gasteiger charge is 2.16. The van der Waals surface area contributed by atoms with Crippen molar-refractivity contribution in [2.24, 2.45) is 0 Å². The third-order valence-corrected chi connectivity index (χ3v) is 5.08. The third kappa shape index (κ3) is 4.69. The van der Waals surface area contributed by atoms with Crippen LogP contribution in [0.2, 0.25) is 0 Å². The first-order valence-electron chi connectivity index (χ1n) is 8.62. The molecule has 3 aromatic rings. The van der Waals surface area contributed by atoms with Crippen LogP contribution in [-0.4, -0.2) is 38.3 Å². The van der Waals surface area contributed by atoms with Crippen molar-refractivity contribution in [3.63, 3.8) is 0 Å². The van der Waals surface area contributed by atoms with Crippen LogP contribution in [0.15, 0.2) is 66.3 Å². The molecule has 0 aliphatic carbocycles. The van der Waals surface area contributed by atoms with Crippen molar-refractivity contribution in [3.05, 3.63) is 76.9 Å². The number of methoxy groups -OCH3 is 1. The Morgan fingerprint density at radius 3 is 2.48 bits per heavy atom. The number of thioether (sulfide) groups is 1. The average molecular weight is 410 g/mol. The van der Waals surface area contributed by atoms with Crippen LogP contribution in [0.5, 0.6) is 5.75 Å². The van der Waals surface area contributed by atoms with Gasteiger partial charge in [-0.05, 0) is 36.4 Å². The maximum atomic E-state index is 12.4. The van der Waals surface area contributed by atoms with Gasteiger partial charge >= 0.3 is 0 Å². The van der Waals surface area contributed by atoms with E-state index in [0.717, 1.165) is 11.3 Å². The highest BCUT2D eigenvalue weighted by molar-refractivity contribution is 7.99. The lowest BCUT2D eigenvalue weighted by Gasteiger charge is -2.08. The molecule has 29 heavy (non-hydrogen) atoms.